The predicted molar refractivity (Wildman–Crippen MR) is 70.5 cm³/mol. The first-order valence-electron chi connectivity index (χ1n) is 4.95. The Kier molecular flexibility index (Phi) is 5.07. The fourth-order valence-corrected chi connectivity index (χ4v) is 1.71. The molecule has 0 saturated carbocycles. The molecule has 2 rings (SSSR count). The molecular weight excluding hydrogens is 275 g/mol. The van der Waals surface area contributed by atoms with Crippen LogP contribution in [0.2, 0.25) is 5.28 Å². The molecular formula is C12H10Cl2N2O2. The largest absolute Gasteiger partial charge is 0.478 e. The number of carbonyl (C=O) groups is 1. The number of benzene rings is 1. The molecule has 0 unspecified atom stereocenters. The minimum Gasteiger partial charge on any atom is -0.478 e. The van der Waals surface area contributed by atoms with Crippen molar-refractivity contribution in [2.75, 3.05) is 0 Å². The fraction of sp³-hybridized carbons (Fsp3) is 0.0833. The molecule has 0 atom stereocenters. The maximum absolute atomic E-state index is 11.0. The van der Waals surface area contributed by atoms with Gasteiger partial charge in [-0.25, -0.2) is 14.8 Å². The third-order valence-corrected chi connectivity index (χ3v) is 2.49. The van der Waals surface area contributed by atoms with Crippen LogP contribution < -0.4 is 0 Å². The second-order valence-electron chi connectivity index (χ2n) is 3.46. The van der Waals surface area contributed by atoms with E-state index in [9.17, 15) is 4.79 Å². The van der Waals surface area contributed by atoms with Gasteiger partial charge in [0.15, 0.2) is 0 Å². The summed E-state index contributed by atoms with van der Waals surface area (Å²) in [4.78, 5) is 18.8. The molecule has 0 aliphatic carbocycles. The number of halogens is 2. The van der Waals surface area contributed by atoms with Crippen molar-refractivity contribution in [3.05, 3.63) is 58.6 Å². The zero-order chi connectivity index (χ0) is 12.3. The Morgan fingerprint density at radius 1 is 1.28 bits per heavy atom. The molecule has 18 heavy (non-hydrogen) atoms. The van der Waals surface area contributed by atoms with Crippen molar-refractivity contribution in [3.63, 3.8) is 0 Å². The van der Waals surface area contributed by atoms with Crippen molar-refractivity contribution in [3.8, 4) is 0 Å². The number of hydrogen-bond acceptors (Lipinski definition) is 3. The van der Waals surface area contributed by atoms with Gasteiger partial charge in [-0.2, -0.15) is 0 Å². The van der Waals surface area contributed by atoms with Crippen LogP contribution in [0.3, 0.4) is 0 Å². The number of carboxylic acids is 1. The van der Waals surface area contributed by atoms with Crippen LogP contribution in [-0.2, 0) is 6.42 Å². The quantitative estimate of drug-likeness (QED) is 0.881. The molecule has 0 radical (unpaired) electrons. The molecule has 2 aromatic rings. The monoisotopic (exact) mass is 284 g/mol. The van der Waals surface area contributed by atoms with Crippen LogP contribution in [0.1, 0.15) is 21.6 Å². The molecule has 0 aliphatic rings. The average molecular weight is 285 g/mol. The van der Waals surface area contributed by atoms with E-state index in [-0.39, 0.29) is 23.3 Å². The van der Waals surface area contributed by atoms with Gasteiger partial charge in [0, 0.05) is 18.3 Å². The van der Waals surface area contributed by atoms with E-state index in [1.54, 1.807) is 36.5 Å². The zero-order valence-corrected chi connectivity index (χ0v) is 10.8. The van der Waals surface area contributed by atoms with E-state index in [2.05, 4.69) is 9.97 Å². The lowest BCUT2D eigenvalue weighted by Gasteiger charge is -2.05. The van der Waals surface area contributed by atoms with Crippen molar-refractivity contribution in [1.29, 1.82) is 0 Å². The normalized spacial score (nSPS) is 9.61. The summed E-state index contributed by atoms with van der Waals surface area (Å²) in [5, 5.41) is 9.20. The molecule has 0 spiro atoms. The molecule has 6 heteroatoms. The van der Waals surface area contributed by atoms with Crippen LogP contribution >= 0.6 is 24.0 Å². The molecule has 1 aromatic heterocycles. The van der Waals surface area contributed by atoms with Gasteiger partial charge in [-0.1, -0.05) is 18.2 Å². The predicted octanol–water partition coefficient (Wildman–Crippen LogP) is 2.84. The first kappa shape index (κ1) is 14.4. The molecule has 1 heterocycles. The van der Waals surface area contributed by atoms with Crippen LogP contribution in [-0.4, -0.2) is 21.0 Å². The van der Waals surface area contributed by atoms with E-state index in [4.69, 9.17) is 16.7 Å². The lowest BCUT2D eigenvalue weighted by Crippen LogP contribution is -2.03. The maximum atomic E-state index is 11.0. The van der Waals surface area contributed by atoms with Gasteiger partial charge in [0.25, 0.3) is 0 Å². The lowest BCUT2D eigenvalue weighted by atomic mass is 10.0. The van der Waals surface area contributed by atoms with Gasteiger partial charge in [0.2, 0.25) is 5.28 Å². The van der Waals surface area contributed by atoms with Crippen LogP contribution in [0, 0.1) is 0 Å². The Balaban J connectivity index is 0.00000162. The molecule has 0 aliphatic heterocycles. The smallest absolute Gasteiger partial charge is 0.335 e. The number of aromatic nitrogens is 2. The standard InChI is InChI=1S/C12H9ClN2O2.ClH/c13-12-14-6-5-9(15-12)7-8-3-1-2-4-10(8)11(16)17;/h1-6H,7H2,(H,16,17);1H. The van der Waals surface area contributed by atoms with E-state index in [1.807, 2.05) is 0 Å². The van der Waals surface area contributed by atoms with Crippen LogP contribution in [0.4, 0.5) is 0 Å². The Labute approximate surface area is 115 Å². The van der Waals surface area contributed by atoms with Crippen LogP contribution in [0.25, 0.3) is 0 Å². The summed E-state index contributed by atoms with van der Waals surface area (Å²) in [6, 6.07) is 8.54. The maximum Gasteiger partial charge on any atom is 0.335 e. The summed E-state index contributed by atoms with van der Waals surface area (Å²) in [6.07, 6.45) is 1.97. The van der Waals surface area contributed by atoms with E-state index in [0.717, 1.165) is 0 Å². The number of hydrogen-bond donors (Lipinski definition) is 1. The number of carboxylic acid groups (broad SMARTS) is 1. The average Bonchev–Trinajstić information content (AvgIpc) is 2.29. The Bertz CT molecular complexity index is 561. The summed E-state index contributed by atoms with van der Waals surface area (Å²) in [6.45, 7) is 0. The second kappa shape index (κ2) is 6.33. The summed E-state index contributed by atoms with van der Waals surface area (Å²) < 4.78 is 0. The van der Waals surface area contributed by atoms with E-state index < -0.39 is 5.97 Å². The number of rotatable bonds is 3. The second-order valence-corrected chi connectivity index (χ2v) is 3.79. The van der Waals surface area contributed by atoms with Gasteiger partial charge in [-0.05, 0) is 29.3 Å². The number of aromatic carboxylic acids is 1. The molecule has 4 nitrogen and oxygen atoms in total. The van der Waals surface area contributed by atoms with Crippen LogP contribution in [0.15, 0.2) is 36.5 Å². The van der Waals surface area contributed by atoms with Crippen LogP contribution in [0.5, 0.6) is 0 Å². The minimum absolute atomic E-state index is 0. The Morgan fingerprint density at radius 2 is 2.00 bits per heavy atom. The fourth-order valence-electron chi connectivity index (χ4n) is 1.55. The van der Waals surface area contributed by atoms with Gasteiger partial charge in [0.05, 0.1) is 5.56 Å². The third-order valence-electron chi connectivity index (χ3n) is 2.30. The van der Waals surface area contributed by atoms with Crippen molar-refractivity contribution in [2.24, 2.45) is 0 Å². The molecule has 0 bridgehead atoms. The van der Waals surface area contributed by atoms with Gasteiger partial charge in [-0.3, -0.25) is 0 Å². The van der Waals surface area contributed by atoms with Gasteiger partial charge in [0.1, 0.15) is 0 Å². The molecule has 0 amide bonds. The first-order valence-corrected chi connectivity index (χ1v) is 5.33. The Hall–Kier alpha value is -1.65. The van der Waals surface area contributed by atoms with Crippen molar-refractivity contribution in [1.82, 2.24) is 9.97 Å². The third kappa shape index (κ3) is 3.42. The Morgan fingerprint density at radius 3 is 2.67 bits per heavy atom. The highest BCUT2D eigenvalue weighted by Crippen LogP contribution is 2.13. The zero-order valence-electron chi connectivity index (χ0n) is 9.21. The highest BCUT2D eigenvalue weighted by Gasteiger charge is 2.10. The highest BCUT2D eigenvalue weighted by atomic mass is 35.5. The summed E-state index contributed by atoms with van der Waals surface area (Å²) >= 11 is 5.67. The molecule has 0 fully saturated rings. The summed E-state index contributed by atoms with van der Waals surface area (Å²) in [7, 11) is 0. The van der Waals surface area contributed by atoms with Gasteiger partial charge in [-0.15, -0.1) is 12.4 Å². The molecule has 1 aromatic carbocycles. The van der Waals surface area contributed by atoms with Crippen molar-refractivity contribution >= 4 is 30.0 Å². The number of nitrogens with zero attached hydrogens (tertiary/aromatic N) is 2. The van der Waals surface area contributed by atoms with E-state index >= 15 is 0 Å². The van der Waals surface area contributed by atoms with Gasteiger partial charge >= 0.3 is 5.97 Å². The minimum atomic E-state index is -0.944. The van der Waals surface area contributed by atoms with E-state index in [0.29, 0.717) is 17.7 Å². The SMILES string of the molecule is Cl.O=C(O)c1ccccc1Cc1ccnc(Cl)n1. The molecule has 94 valence electrons. The lowest BCUT2D eigenvalue weighted by molar-refractivity contribution is 0.0696. The van der Waals surface area contributed by atoms with Gasteiger partial charge < -0.3 is 5.11 Å². The van der Waals surface area contributed by atoms with Crippen molar-refractivity contribution in [2.45, 2.75) is 6.42 Å². The summed E-state index contributed by atoms with van der Waals surface area (Å²) in [5.41, 5.74) is 1.68. The summed E-state index contributed by atoms with van der Waals surface area (Å²) in [5.74, 6) is -0.944. The topological polar surface area (TPSA) is 63.1 Å². The first-order chi connectivity index (χ1) is 8.16. The van der Waals surface area contributed by atoms with E-state index in [1.165, 1.54) is 0 Å². The highest BCUT2D eigenvalue weighted by molar-refractivity contribution is 6.28. The molecule has 0 saturated heterocycles. The van der Waals surface area contributed by atoms with Crippen molar-refractivity contribution < 1.29 is 9.90 Å². The molecule has 1 N–H and O–H groups in total.